The molecule has 1 amide bonds. The Morgan fingerprint density at radius 1 is 1.35 bits per heavy atom. The van der Waals surface area contributed by atoms with Crippen LogP contribution in [0.1, 0.15) is 18.1 Å². The van der Waals surface area contributed by atoms with Crippen LogP contribution in [0.4, 0.5) is 0 Å². The van der Waals surface area contributed by atoms with Gasteiger partial charge in [-0.25, -0.2) is 0 Å². The number of carbonyl (C=O) groups excluding carboxylic acids is 1. The van der Waals surface area contributed by atoms with Crippen LogP contribution in [-0.4, -0.2) is 41.6 Å². The minimum atomic E-state index is -0.320. The Hall–Kier alpha value is -1.86. The number of hydrogen-bond donors (Lipinski definition) is 1. The second-order valence-electron chi connectivity index (χ2n) is 5.22. The first-order chi connectivity index (χ1) is 11.0. The van der Waals surface area contributed by atoms with Crippen molar-refractivity contribution < 1.29 is 13.9 Å². The smallest absolute Gasteiger partial charge is 0.277 e. The van der Waals surface area contributed by atoms with Crippen molar-refractivity contribution in [2.75, 3.05) is 20.3 Å². The topological polar surface area (TPSA) is 77.2 Å². The van der Waals surface area contributed by atoms with Gasteiger partial charge in [0.25, 0.3) is 5.22 Å². The first kappa shape index (κ1) is 17.5. The van der Waals surface area contributed by atoms with Gasteiger partial charge in [-0.3, -0.25) is 4.79 Å². The highest BCUT2D eigenvalue weighted by atomic mass is 32.2. The number of thioether (sulfide) groups is 1. The fourth-order valence-electron chi connectivity index (χ4n) is 1.87. The van der Waals surface area contributed by atoms with Crippen LogP contribution in [0.2, 0.25) is 0 Å². The summed E-state index contributed by atoms with van der Waals surface area (Å²) in [6.45, 7) is 6.86. The summed E-state index contributed by atoms with van der Waals surface area (Å²) in [6.07, 6.45) is 0. The number of aryl methyl sites for hydroxylation is 2. The maximum atomic E-state index is 11.9. The molecule has 1 N–H and O–H groups in total. The van der Waals surface area contributed by atoms with E-state index in [1.165, 1.54) is 22.9 Å². The summed E-state index contributed by atoms with van der Waals surface area (Å²) in [7, 11) is 1.59. The maximum absolute atomic E-state index is 11.9. The van der Waals surface area contributed by atoms with Gasteiger partial charge in [0, 0.05) is 19.2 Å². The number of nitrogens with one attached hydrogen (secondary N) is 1. The van der Waals surface area contributed by atoms with Crippen LogP contribution in [0.25, 0.3) is 11.5 Å². The fraction of sp³-hybridized carbons (Fsp3) is 0.438. The van der Waals surface area contributed by atoms with Crippen molar-refractivity contribution in [1.29, 1.82) is 0 Å². The van der Waals surface area contributed by atoms with E-state index in [4.69, 9.17) is 9.15 Å². The number of methoxy groups -OCH3 is 1. The standard InChI is InChI=1S/C16H21N3O3S/c1-10-5-6-13(9-11(10)2)15-18-19-16(22-15)23-12(3)14(20)17-7-8-21-4/h5-6,9,12H,7-8H2,1-4H3,(H,17,20)/t12-/m1/s1. The highest BCUT2D eigenvalue weighted by Crippen LogP contribution is 2.27. The number of benzene rings is 1. The number of amides is 1. The molecule has 0 saturated carbocycles. The molecule has 0 radical (unpaired) electrons. The lowest BCUT2D eigenvalue weighted by Gasteiger charge is -2.09. The third-order valence-corrected chi connectivity index (χ3v) is 4.35. The number of ether oxygens (including phenoxy) is 1. The van der Waals surface area contributed by atoms with Crippen LogP contribution in [0.15, 0.2) is 27.8 Å². The van der Waals surface area contributed by atoms with Gasteiger partial charge in [0.05, 0.1) is 11.9 Å². The van der Waals surface area contributed by atoms with Crippen molar-refractivity contribution in [3.8, 4) is 11.5 Å². The Bertz CT molecular complexity index is 672. The average Bonchev–Trinajstić information content (AvgIpc) is 2.98. The molecule has 0 unspecified atom stereocenters. The number of rotatable bonds is 7. The molecule has 0 spiro atoms. The van der Waals surface area contributed by atoms with E-state index in [2.05, 4.69) is 22.4 Å². The molecule has 1 heterocycles. The molecule has 23 heavy (non-hydrogen) atoms. The zero-order valence-corrected chi connectivity index (χ0v) is 14.6. The Morgan fingerprint density at radius 2 is 2.13 bits per heavy atom. The molecule has 0 saturated heterocycles. The molecular formula is C16H21N3O3S. The van der Waals surface area contributed by atoms with Crippen molar-refractivity contribution >= 4 is 17.7 Å². The first-order valence-electron chi connectivity index (χ1n) is 7.35. The van der Waals surface area contributed by atoms with E-state index in [0.717, 1.165) is 5.56 Å². The summed E-state index contributed by atoms with van der Waals surface area (Å²) in [5, 5.41) is 10.9. The number of aromatic nitrogens is 2. The molecule has 7 heteroatoms. The summed E-state index contributed by atoms with van der Waals surface area (Å²) in [5.41, 5.74) is 3.26. The van der Waals surface area contributed by atoms with Gasteiger partial charge in [0.15, 0.2) is 0 Å². The normalized spacial score (nSPS) is 12.2. The second kappa shape index (κ2) is 8.12. The predicted molar refractivity (Wildman–Crippen MR) is 89.4 cm³/mol. The van der Waals surface area contributed by atoms with E-state index in [-0.39, 0.29) is 11.2 Å². The Balaban J connectivity index is 1.99. The minimum absolute atomic E-state index is 0.0852. The van der Waals surface area contributed by atoms with Crippen LogP contribution in [-0.2, 0) is 9.53 Å². The van der Waals surface area contributed by atoms with Crippen LogP contribution >= 0.6 is 11.8 Å². The lowest BCUT2D eigenvalue weighted by molar-refractivity contribution is -0.120. The second-order valence-corrected chi connectivity index (χ2v) is 6.51. The Kier molecular flexibility index (Phi) is 6.18. The Labute approximate surface area is 140 Å². The van der Waals surface area contributed by atoms with Gasteiger partial charge in [-0.15, -0.1) is 10.2 Å². The summed E-state index contributed by atoms with van der Waals surface area (Å²) in [4.78, 5) is 11.9. The van der Waals surface area contributed by atoms with Crippen LogP contribution in [0, 0.1) is 13.8 Å². The molecule has 2 rings (SSSR count). The SMILES string of the molecule is COCCNC(=O)[C@@H](C)Sc1nnc(-c2ccc(C)c(C)c2)o1. The van der Waals surface area contributed by atoms with E-state index in [1.807, 2.05) is 25.1 Å². The first-order valence-corrected chi connectivity index (χ1v) is 8.23. The van der Waals surface area contributed by atoms with E-state index in [0.29, 0.717) is 24.3 Å². The highest BCUT2D eigenvalue weighted by Gasteiger charge is 2.18. The molecule has 6 nitrogen and oxygen atoms in total. The Morgan fingerprint density at radius 3 is 2.83 bits per heavy atom. The summed E-state index contributed by atoms with van der Waals surface area (Å²) >= 11 is 1.24. The van der Waals surface area contributed by atoms with Crippen molar-refractivity contribution in [2.24, 2.45) is 0 Å². The number of hydrogen-bond acceptors (Lipinski definition) is 6. The van der Waals surface area contributed by atoms with Gasteiger partial charge in [0.1, 0.15) is 0 Å². The van der Waals surface area contributed by atoms with Crippen molar-refractivity contribution in [3.05, 3.63) is 29.3 Å². The molecule has 0 aliphatic heterocycles. The van der Waals surface area contributed by atoms with Crippen molar-refractivity contribution in [3.63, 3.8) is 0 Å². The molecule has 1 atom stereocenters. The number of nitrogens with zero attached hydrogens (tertiary/aromatic N) is 2. The van der Waals surface area contributed by atoms with E-state index in [1.54, 1.807) is 14.0 Å². The third kappa shape index (κ3) is 4.80. The molecule has 0 bridgehead atoms. The van der Waals surface area contributed by atoms with Crippen LogP contribution in [0.3, 0.4) is 0 Å². The van der Waals surface area contributed by atoms with Gasteiger partial charge < -0.3 is 14.5 Å². The molecule has 1 aromatic carbocycles. The highest BCUT2D eigenvalue weighted by molar-refractivity contribution is 8.00. The molecule has 0 fully saturated rings. The van der Waals surface area contributed by atoms with Crippen LogP contribution < -0.4 is 5.32 Å². The van der Waals surface area contributed by atoms with Gasteiger partial charge in [-0.1, -0.05) is 17.8 Å². The monoisotopic (exact) mass is 335 g/mol. The molecule has 0 aliphatic rings. The molecule has 2 aromatic rings. The zero-order valence-electron chi connectivity index (χ0n) is 13.8. The minimum Gasteiger partial charge on any atom is -0.411 e. The predicted octanol–water partition coefficient (Wildman–Crippen LogP) is 2.60. The quantitative estimate of drug-likeness (QED) is 0.619. The lowest BCUT2D eigenvalue weighted by Crippen LogP contribution is -2.33. The molecule has 124 valence electrons. The van der Waals surface area contributed by atoms with Crippen LogP contribution in [0.5, 0.6) is 0 Å². The fourth-order valence-corrected chi connectivity index (χ4v) is 2.58. The summed E-state index contributed by atoms with van der Waals surface area (Å²) < 4.78 is 10.5. The zero-order chi connectivity index (χ0) is 16.8. The van der Waals surface area contributed by atoms with E-state index < -0.39 is 0 Å². The summed E-state index contributed by atoms with van der Waals surface area (Å²) in [5.74, 6) is 0.376. The number of carbonyl (C=O) groups is 1. The van der Waals surface area contributed by atoms with Crippen molar-refractivity contribution in [1.82, 2.24) is 15.5 Å². The molecular weight excluding hydrogens is 314 g/mol. The van der Waals surface area contributed by atoms with Gasteiger partial charge in [0.2, 0.25) is 11.8 Å². The molecule has 1 aromatic heterocycles. The van der Waals surface area contributed by atoms with Gasteiger partial charge in [-0.2, -0.15) is 0 Å². The van der Waals surface area contributed by atoms with E-state index in [9.17, 15) is 4.79 Å². The largest absolute Gasteiger partial charge is 0.411 e. The lowest BCUT2D eigenvalue weighted by atomic mass is 10.1. The maximum Gasteiger partial charge on any atom is 0.277 e. The third-order valence-electron chi connectivity index (χ3n) is 3.41. The average molecular weight is 335 g/mol. The molecule has 0 aliphatic carbocycles. The van der Waals surface area contributed by atoms with Crippen molar-refractivity contribution in [2.45, 2.75) is 31.2 Å². The van der Waals surface area contributed by atoms with Gasteiger partial charge in [-0.05, 0) is 44.0 Å². The summed E-state index contributed by atoms with van der Waals surface area (Å²) in [6, 6.07) is 5.98. The van der Waals surface area contributed by atoms with Gasteiger partial charge >= 0.3 is 0 Å². The van der Waals surface area contributed by atoms with E-state index >= 15 is 0 Å².